The number of hydrogen-bond acceptors (Lipinski definition) is 0. The van der Waals surface area contributed by atoms with Crippen LogP contribution in [0.3, 0.4) is 0 Å². The summed E-state index contributed by atoms with van der Waals surface area (Å²) in [6.07, 6.45) is 3.95. The van der Waals surface area contributed by atoms with Crippen LogP contribution in [0.25, 0.3) is 0 Å². The largest absolute Gasteiger partial charge is 0.123 e. The SMILES string of the molecule is CC(C)[C@H]1CC[C@H](C)C[C@@H]1Cl. The van der Waals surface area contributed by atoms with Crippen molar-refractivity contribution in [1.29, 1.82) is 0 Å². The Labute approximate surface area is 75.3 Å². The van der Waals surface area contributed by atoms with Gasteiger partial charge < -0.3 is 0 Å². The van der Waals surface area contributed by atoms with Crippen molar-refractivity contribution in [3.05, 3.63) is 0 Å². The average Bonchev–Trinajstić information content (AvgIpc) is 1.85. The van der Waals surface area contributed by atoms with E-state index in [0.29, 0.717) is 5.38 Å². The molecule has 0 aromatic rings. The van der Waals surface area contributed by atoms with Crippen molar-refractivity contribution in [2.45, 2.75) is 45.4 Å². The summed E-state index contributed by atoms with van der Waals surface area (Å²) in [4.78, 5) is 0. The fraction of sp³-hybridized carbons (Fsp3) is 1.00. The molecule has 0 bridgehead atoms. The van der Waals surface area contributed by atoms with Crippen LogP contribution in [0.4, 0.5) is 0 Å². The highest BCUT2D eigenvalue weighted by atomic mass is 35.5. The van der Waals surface area contributed by atoms with Crippen LogP contribution in [-0.4, -0.2) is 5.38 Å². The predicted molar refractivity (Wildman–Crippen MR) is 51.0 cm³/mol. The fourth-order valence-corrected chi connectivity index (χ4v) is 2.81. The van der Waals surface area contributed by atoms with Gasteiger partial charge in [-0.3, -0.25) is 0 Å². The molecule has 0 amide bonds. The molecule has 66 valence electrons. The van der Waals surface area contributed by atoms with Crippen molar-refractivity contribution in [1.82, 2.24) is 0 Å². The van der Waals surface area contributed by atoms with E-state index in [9.17, 15) is 0 Å². The summed E-state index contributed by atoms with van der Waals surface area (Å²) < 4.78 is 0. The van der Waals surface area contributed by atoms with Crippen molar-refractivity contribution < 1.29 is 0 Å². The third-order valence-electron chi connectivity index (χ3n) is 2.94. The summed E-state index contributed by atoms with van der Waals surface area (Å²) in [5.41, 5.74) is 0. The van der Waals surface area contributed by atoms with E-state index in [1.54, 1.807) is 0 Å². The lowest BCUT2D eigenvalue weighted by atomic mass is 9.77. The molecular weight excluding hydrogens is 156 g/mol. The molecule has 0 aliphatic heterocycles. The van der Waals surface area contributed by atoms with Gasteiger partial charge in [-0.25, -0.2) is 0 Å². The minimum absolute atomic E-state index is 0.443. The highest BCUT2D eigenvalue weighted by Crippen LogP contribution is 2.36. The standard InChI is InChI=1S/C10H19Cl/c1-7(2)9-5-4-8(3)6-10(9)11/h7-10H,4-6H2,1-3H3/t8-,9+,10-/m0/s1. The van der Waals surface area contributed by atoms with Gasteiger partial charge in [0, 0.05) is 5.38 Å². The van der Waals surface area contributed by atoms with Gasteiger partial charge in [-0.2, -0.15) is 0 Å². The van der Waals surface area contributed by atoms with Crippen molar-refractivity contribution in [2.24, 2.45) is 17.8 Å². The average molecular weight is 175 g/mol. The van der Waals surface area contributed by atoms with E-state index in [4.69, 9.17) is 11.6 Å². The Balaban J connectivity index is 2.44. The summed E-state index contributed by atoms with van der Waals surface area (Å²) in [6, 6.07) is 0. The van der Waals surface area contributed by atoms with Crippen LogP contribution in [0, 0.1) is 17.8 Å². The summed E-state index contributed by atoms with van der Waals surface area (Å²) in [6.45, 7) is 6.89. The number of alkyl halides is 1. The van der Waals surface area contributed by atoms with Crippen LogP contribution in [0.1, 0.15) is 40.0 Å². The minimum Gasteiger partial charge on any atom is -0.123 e. The maximum atomic E-state index is 6.27. The summed E-state index contributed by atoms with van der Waals surface area (Å²) in [5.74, 6) is 2.39. The number of hydrogen-bond donors (Lipinski definition) is 0. The van der Waals surface area contributed by atoms with E-state index >= 15 is 0 Å². The van der Waals surface area contributed by atoms with Crippen LogP contribution in [0.15, 0.2) is 0 Å². The lowest BCUT2D eigenvalue weighted by Gasteiger charge is -2.33. The molecule has 1 saturated carbocycles. The van der Waals surface area contributed by atoms with E-state index in [2.05, 4.69) is 20.8 Å². The van der Waals surface area contributed by atoms with Gasteiger partial charge in [0.25, 0.3) is 0 Å². The van der Waals surface area contributed by atoms with Gasteiger partial charge in [-0.05, 0) is 30.6 Å². The molecule has 0 saturated heterocycles. The zero-order valence-electron chi connectivity index (χ0n) is 7.81. The Hall–Kier alpha value is 0.290. The molecule has 1 aliphatic rings. The summed E-state index contributed by atoms with van der Waals surface area (Å²) in [5, 5.41) is 0.443. The van der Waals surface area contributed by atoms with E-state index in [1.165, 1.54) is 19.3 Å². The molecule has 0 nitrogen and oxygen atoms in total. The van der Waals surface area contributed by atoms with Crippen molar-refractivity contribution in [3.63, 3.8) is 0 Å². The number of halogens is 1. The van der Waals surface area contributed by atoms with Gasteiger partial charge in [-0.1, -0.05) is 27.2 Å². The van der Waals surface area contributed by atoms with Crippen LogP contribution in [0.5, 0.6) is 0 Å². The first-order valence-electron chi connectivity index (χ1n) is 4.75. The number of rotatable bonds is 1. The first-order valence-corrected chi connectivity index (χ1v) is 5.19. The molecule has 1 heteroatoms. The molecule has 0 N–H and O–H groups in total. The zero-order chi connectivity index (χ0) is 8.43. The molecule has 3 atom stereocenters. The maximum Gasteiger partial charge on any atom is 0.0369 e. The smallest absolute Gasteiger partial charge is 0.0369 e. The first-order chi connectivity index (χ1) is 5.11. The van der Waals surface area contributed by atoms with Gasteiger partial charge in [-0.15, -0.1) is 11.6 Å². The molecule has 0 aromatic carbocycles. The fourth-order valence-electron chi connectivity index (χ4n) is 2.09. The van der Waals surface area contributed by atoms with E-state index in [0.717, 1.165) is 17.8 Å². The van der Waals surface area contributed by atoms with Gasteiger partial charge in [0.1, 0.15) is 0 Å². The Morgan fingerprint density at radius 3 is 2.36 bits per heavy atom. The highest BCUT2D eigenvalue weighted by molar-refractivity contribution is 6.20. The molecule has 0 aromatic heterocycles. The molecule has 1 rings (SSSR count). The quantitative estimate of drug-likeness (QED) is 0.532. The Kier molecular flexibility index (Phi) is 3.24. The topological polar surface area (TPSA) is 0 Å². The van der Waals surface area contributed by atoms with E-state index < -0.39 is 0 Å². The third-order valence-corrected chi connectivity index (χ3v) is 3.44. The lowest BCUT2D eigenvalue weighted by Crippen LogP contribution is -2.27. The molecule has 0 unspecified atom stereocenters. The van der Waals surface area contributed by atoms with Crippen LogP contribution >= 0.6 is 11.6 Å². The van der Waals surface area contributed by atoms with Crippen LogP contribution < -0.4 is 0 Å². The van der Waals surface area contributed by atoms with Crippen LogP contribution in [-0.2, 0) is 0 Å². The monoisotopic (exact) mass is 174 g/mol. The van der Waals surface area contributed by atoms with Crippen LogP contribution in [0.2, 0.25) is 0 Å². The third kappa shape index (κ3) is 2.37. The van der Waals surface area contributed by atoms with Gasteiger partial charge in [0.15, 0.2) is 0 Å². The Morgan fingerprint density at radius 2 is 1.91 bits per heavy atom. The lowest BCUT2D eigenvalue weighted by molar-refractivity contribution is 0.240. The van der Waals surface area contributed by atoms with Crippen molar-refractivity contribution >= 4 is 11.6 Å². The minimum atomic E-state index is 0.443. The van der Waals surface area contributed by atoms with Crippen molar-refractivity contribution in [3.8, 4) is 0 Å². The van der Waals surface area contributed by atoms with Gasteiger partial charge in [0.05, 0.1) is 0 Å². The second-order valence-electron chi connectivity index (χ2n) is 4.34. The molecular formula is C10H19Cl. The second-order valence-corrected chi connectivity index (χ2v) is 4.90. The maximum absolute atomic E-state index is 6.27. The highest BCUT2D eigenvalue weighted by Gasteiger charge is 2.28. The predicted octanol–water partition coefficient (Wildman–Crippen LogP) is 3.69. The normalized spacial score (nSPS) is 39.5. The molecule has 11 heavy (non-hydrogen) atoms. The molecule has 0 radical (unpaired) electrons. The molecule has 0 heterocycles. The van der Waals surface area contributed by atoms with Gasteiger partial charge >= 0.3 is 0 Å². The van der Waals surface area contributed by atoms with Gasteiger partial charge in [0.2, 0.25) is 0 Å². The summed E-state index contributed by atoms with van der Waals surface area (Å²) >= 11 is 6.27. The molecule has 1 fully saturated rings. The van der Waals surface area contributed by atoms with E-state index in [-0.39, 0.29) is 0 Å². The molecule has 0 spiro atoms. The molecule has 1 aliphatic carbocycles. The Morgan fingerprint density at radius 1 is 1.27 bits per heavy atom. The van der Waals surface area contributed by atoms with Crippen molar-refractivity contribution in [2.75, 3.05) is 0 Å². The first kappa shape index (κ1) is 9.38. The Bertz CT molecular complexity index is 120. The second kappa shape index (κ2) is 3.80. The summed E-state index contributed by atoms with van der Waals surface area (Å²) in [7, 11) is 0. The van der Waals surface area contributed by atoms with E-state index in [1.807, 2.05) is 0 Å². The zero-order valence-corrected chi connectivity index (χ0v) is 8.56.